The molecule has 2 aromatic heterocycles. The first-order valence-electron chi connectivity index (χ1n) is 8.67. The maximum absolute atomic E-state index is 5.22. The molecule has 0 aliphatic rings. The molecular weight excluding hydrogens is 356 g/mol. The second kappa shape index (κ2) is 6.96. The molecule has 0 spiro atoms. The SMILES string of the molecule is COc1ccc(-n2nnc(-c3nc(-c4cc(C)ccc4C)cs3)c2C)cc1. The van der Waals surface area contributed by atoms with Crippen LogP contribution in [0.1, 0.15) is 16.8 Å². The summed E-state index contributed by atoms with van der Waals surface area (Å²) in [6.07, 6.45) is 0. The molecule has 0 N–H and O–H groups in total. The molecule has 5 nitrogen and oxygen atoms in total. The second-order valence-electron chi connectivity index (χ2n) is 6.49. The molecule has 0 saturated heterocycles. The summed E-state index contributed by atoms with van der Waals surface area (Å²) in [5.41, 5.74) is 7.31. The van der Waals surface area contributed by atoms with Gasteiger partial charge in [0.2, 0.25) is 0 Å². The second-order valence-corrected chi connectivity index (χ2v) is 7.35. The standard InChI is InChI=1S/C21H20N4OS/c1-13-5-6-14(2)18(11-13)19-12-27-21(22-19)20-15(3)25(24-23-20)16-7-9-17(26-4)10-8-16/h5-12H,1-4H3. The van der Waals surface area contributed by atoms with E-state index < -0.39 is 0 Å². The first-order chi connectivity index (χ1) is 13.1. The summed E-state index contributed by atoms with van der Waals surface area (Å²) >= 11 is 1.59. The Bertz CT molecular complexity index is 1100. The van der Waals surface area contributed by atoms with Crippen LogP contribution in [0.3, 0.4) is 0 Å². The number of aryl methyl sites for hydroxylation is 2. The lowest BCUT2D eigenvalue weighted by atomic mass is 10.0. The molecule has 0 bridgehead atoms. The average molecular weight is 376 g/mol. The molecule has 0 fully saturated rings. The van der Waals surface area contributed by atoms with Crippen molar-refractivity contribution in [2.45, 2.75) is 20.8 Å². The molecule has 0 radical (unpaired) electrons. The number of aromatic nitrogens is 4. The van der Waals surface area contributed by atoms with Crippen molar-refractivity contribution < 1.29 is 4.74 Å². The fourth-order valence-corrected chi connectivity index (χ4v) is 3.87. The molecule has 0 atom stereocenters. The van der Waals surface area contributed by atoms with Gasteiger partial charge in [-0.1, -0.05) is 22.9 Å². The Labute approximate surface area is 162 Å². The predicted molar refractivity (Wildman–Crippen MR) is 109 cm³/mol. The van der Waals surface area contributed by atoms with Crippen LogP contribution in [0.25, 0.3) is 27.6 Å². The third-order valence-electron chi connectivity index (χ3n) is 4.59. The summed E-state index contributed by atoms with van der Waals surface area (Å²) in [7, 11) is 1.66. The quantitative estimate of drug-likeness (QED) is 0.503. The van der Waals surface area contributed by atoms with Gasteiger partial charge in [0.05, 0.1) is 24.2 Å². The van der Waals surface area contributed by atoms with E-state index in [0.29, 0.717) is 0 Å². The number of methoxy groups -OCH3 is 1. The summed E-state index contributed by atoms with van der Waals surface area (Å²) in [4.78, 5) is 4.83. The van der Waals surface area contributed by atoms with E-state index in [9.17, 15) is 0 Å². The first-order valence-corrected chi connectivity index (χ1v) is 9.55. The summed E-state index contributed by atoms with van der Waals surface area (Å²) in [6.45, 7) is 6.22. The number of hydrogen-bond donors (Lipinski definition) is 0. The van der Waals surface area contributed by atoms with Gasteiger partial charge in [-0.3, -0.25) is 0 Å². The molecule has 0 unspecified atom stereocenters. The van der Waals surface area contributed by atoms with Gasteiger partial charge in [-0.15, -0.1) is 16.4 Å². The highest BCUT2D eigenvalue weighted by Gasteiger charge is 2.16. The Morgan fingerprint density at radius 3 is 2.52 bits per heavy atom. The molecule has 27 heavy (non-hydrogen) atoms. The van der Waals surface area contributed by atoms with Crippen LogP contribution >= 0.6 is 11.3 Å². The maximum atomic E-state index is 5.22. The predicted octanol–water partition coefficient (Wildman–Crippen LogP) is 4.99. The number of benzene rings is 2. The van der Waals surface area contributed by atoms with E-state index in [0.717, 1.165) is 39.1 Å². The Kier molecular flexibility index (Phi) is 4.49. The molecule has 2 aromatic carbocycles. The van der Waals surface area contributed by atoms with Crippen LogP contribution < -0.4 is 4.74 Å². The fourth-order valence-electron chi connectivity index (χ4n) is 3.01. The molecule has 136 valence electrons. The van der Waals surface area contributed by atoms with Gasteiger partial charge in [-0.25, -0.2) is 9.67 Å². The molecule has 4 aromatic rings. The molecule has 4 rings (SSSR count). The number of thiazole rings is 1. The zero-order valence-corrected chi connectivity index (χ0v) is 16.5. The minimum atomic E-state index is 0.812. The van der Waals surface area contributed by atoms with Crippen LogP contribution in [-0.4, -0.2) is 27.1 Å². The number of rotatable bonds is 4. The van der Waals surface area contributed by atoms with Crippen LogP contribution in [0.5, 0.6) is 5.75 Å². The summed E-state index contributed by atoms with van der Waals surface area (Å²) < 4.78 is 7.05. The van der Waals surface area contributed by atoms with Crippen LogP contribution in [0.2, 0.25) is 0 Å². The zero-order chi connectivity index (χ0) is 19.0. The lowest BCUT2D eigenvalue weighted by Crippen LogP contribution is -1.99. The number of ether oxygens (including phenoxy) is 1. The lowest BCUT2D eigenvalue weighted by molar-refractivity contribution is 0.414. The monoisotopic (exact) mass is 376 g/mol. The van der Waals surface area contributed by atoms with Gasteiger partial charge in [-0.2, -0.15) is 0 Å². The highest BCUT2D eigenvalue weighted by Crippen LogP contribution is 2.32. The minimum absolute atomic E-state index is 0.812. The topological polar surface area (TPSA) is 52.8 Å². The van der Waals surface area contributed by atoms with Crippen LogP contribution in [0, 0.1) is 20.8 Å². The molecule has 6 heteroatoms. The van der Waals surface area contributed by atoms with Crippen LogP contribution in [-0.2, 0) is 0 Å². The molecular formula is C21H20N4OS. The van der Waals surface area contributed by atoms with Gasteiger partial charge in [0, 0.05) is 10.9 Å². The average Bonchev–Trinajstić information content (AvgIpc) is 3.30. The van der Waals surface area contributed by atoms with Crippen LogP contribution in [0.4, 0.5) is 0 Å². The van der Waals surface area contributed by atoms with E-state index >= 15 is 0 Å². The van der Waals surface area contributed by atoms with Crippen molar-refractivity contribution in [2.75, 3.05) is 7.11 Å². The van der Waals surface area contributed by atoms with E-state index in [1.54, 1.807) is 18.4 Å². The Hall–Kier alpha value is -2.99. The Balaban J connectivity index is 1.70. The minimum Gasteiger partial charge on any atom is -0.497 e. The van der Waals surface area contributed by atoms with Crippen molar-refractivity contribution in [1.29, 1.82) is 0 Å². The van der Waals surface area contributed by atoms with Crippen molar-refractivity contribution in [2.24, 2.45) is 0 Å². The van der Waals surface area contributed by atoms with E-state index in [1.165, 1.54) is 11.1 Å². The molecule has 2 heterocycles. The van der Waals surface area contributed by atoms with Crippen molar-refractivity contribution in [3.63, 3.8) is 0 Å². The van der Waals surface area contributed by atoms with Crippen molar-refractivity contribution in [1.82, 2.24) is 20.0 Å². The fraction of sp³-hybridized carbons (Fsp3) is 0.190. The Morgan fingerprint density at radius 1 is 1.00 bits per heavy atom. The van der Waals surface area contributed by atoms with Crippen molar-refractivity contribution >= 4 is 11.3 Å². The third kappa shape index (κ3) is 3.24. The van der Waals surface area contributed by atoms with Gasteiger partial charge in [0.25, 0.3) is 0 Å². The van der Waals surface area contributed by atoms with Gasteiger partial charge < -0.3 is 4.74 Å². The largest absolute Gasteiger partial charge is 0.497 e. The molecule has 0 aliphatic carbocycles. The molecule has 0 saturated carbocycles. The zero-order valence-electron chi connectivity index (χ0n) is 15.7. The normalized spacial score (nSPS) is 11.0. The highest BCUT2D eigenvalue weighted by molar-refractivity contribution is 7.13. The van der Waals surface area contributed by atoms with Gasteiger partial charge in [0.1, 0.15) is 16.5 Å². The summed E-state index contributed by atoms with van der Waals surface area (Å²) in [5, 5.41) is 11.7. The molecule has 0 aliphatic heterocycles. The summed E-state index contributed by atoms with van der Waals surface area (Å²) in [6, 6.07) is 14.2. The smallest absolute Gasteiger partial charge is 0.146 e. The third-order valence-corrected chi connectivity index (χ3v) is 5.44. The van der Waals surface area contributed by atoms with E-state index in [2.05, 4.69) is 47.7 Å². The Morgan fingerprint density at radius 2 is 1.78 bits per heavy atom. The van der Waals surface area contributed by atoms with Crippen molar-refractivity contribution in [3.8, 4) is 33.4 Å². The highest BCUT2D eigenvalue weighted by atomic mass is 32.1. The lowest BCUT2D eigenvalue weighted by Gasteiger charge is -2.05. The van der Waals surface area contributed by atoms with E-state index in [-0.39, 0.29) is 0 Å². The number of nitrogens with zero attached hydrogens (tertiary/aromatic N) is 4. The number of hydrogen-bond acceptors (Lipinski definition) is 5. The van der Waals surface area contributed by atoms with Gasteiger partial charge in [-0.05, 0) is 56.7 Å². The van der Waals surface area contributed by atoms with Crippen LogP contribution in [0.15, 0.2) is 47.8 Å². The molecule has 0 amide bonds. The van der Waals surface area contributed by atoms with E-state index in [4.69, 9.17) is 9.72 Å². The van der Waals surface area contributed by atoms with E-state index in [1.807, 2.05) is 35.9 Å². The summed E-state index contributed by atoms with van der Waals surface area (Å²) in [5.74, 6) is 0.815. The van der Waals surface area contributed by atoms with Crippen molar-refractivity contribution in [3.05, 3.63) is 64.7 Å². The maximum Gasteiger partial charge on any atom is 0.146 e. The first kappa shape index (κ1) is 17.4. The van der Waals surface area contributed by atoms with Gasteiger partial charge in [0.15, 0.2) is 0 Å². The van der Waals surface area contributed by atoms with Gasteiger partial charge >= 0.3 is 0 Å².